The van der Waals surface area contributed by atoms with Crippen molar-refractivity contribution in [2.45, 2.75) is 65.4 Å². The predicted molar refractivity (Wildman–Crippen MR) is 173 cm³/mol. The number of para-hydroxylation sites is 1. The van der Waals surface area contributed by atoms with Crippen molar-refractivity contribution in [3.05, 3.63) is 29.8 Å². The Balaban J connectivity index is 1.14. The third kappa shape index (κ3) is 5.39. The Labute approximate surface area is 268 Å². The number of amides is 1. The molecule has 5 atom stereocenters. The highest BCUT2D eigenvalue weighted by Crippen LogP contribution is 2.71. The number of aliphatic hydroxyl groups is 1. The van der Waals surface area contributed by atoms with E-state index in [1.165, 1.54) is 5.56 Å². The normalized spacial score (nSPS) is 36.6. The summed E-state index contributed by atoms with van der Waals surface area (Å²) in [7, 11) is -3.66. The van der Waals surface area contributed by atoms with E-state index in [2.05, 4.69) is 43.1 Å². The van der Waals surface area contributed by atoms with E-state index in [0.29, 0.717) is 50.0 Å². The van der Waals surface area contributed by atoms with Gasteiger partial charge in [0.25, 0.3) is 0 Å². The van der Waals surface area contributed by atoms with Crippen molar-refractivity contribution in [2.24, 2.45) is 34.5 Å². The molecule has 0 spiro atoms. The van der Waals surface area contributed by atoms with Crippen LogP contribution in [-0.4, -0.2) is 110 Å². The number of aliphatic carboxylic acids is 1. The molecule has 1 amide bonds. The number of piperidine rings is 3. The minimum atomic E-state index is -3.66. The van der Waals surface area contributed by atoms with Gasteiger partial charge in [-0.25, -0.2) is 13.2 Å². The molecule has 4 saturated heterocycles. The summed E-state index contributed by atoms with van der Waals surface area (Å²) in [6, 6.07) is 8.20. The molecule has 2 saturated carbocycles. The highest BCUT2D eigenvalue weighted by molar-refractivity contribution is 7.89. The van der Waals surface area contributed by atoms with Crippen molar-refractivity contribution in [2.75, 3.05) is 69.6 Å². The smallest absolute Gasteiger partial charge is 0.359 e. The molecule has 4 bridgehead atoms. The number of carboxylic acid groups (broad SMARTS) is 1. The Morgan fingerprint density at radius 1 is 1.09 bits per heavy atom. The van der Waals surface area contributed by atoms with Gasteiger partial charge in [-0.2, -0.15) is 4.31 Å². The molecule has 1 aromatic rings. The first-order chi connectivity index (χ1) is 21.1. The molecule has 3 N–H and O–H groups in total. The maximum atomic E-state index is 14.2. The largest absolute Gasteiger partial charge is 0.477 e. The van der Waals surface area contributed by atoms with Crippen LogP contribution >= 0.6 is 0 Å². The fraction of sp³-hybridized carbons (Fsp3) is 0.765. The summed E-state index contributed by atoms with van der Waals surface area (Å²) in [6.07, 6.45) is 3.82. The number of carbonyl (C=O) groups excluding carboxylic acids is 1. The lowest BCUT2D eigenvalue weighted by atomic mass is 9.60. The van der Waals surface area contributed by atoms with Gasteiger partial charge in [0.1, 0.15) is 0 Å². The molecule has 5 unspecified atom stereocenters. The number of benzene rings is 1. The zero-order valence-corrected chi connectivity index (χ0v) is 28.3. The van der Waals surface area contributed by atoms with Crippen LogP contribution in [0.2, 0.25) is 0 Å². The summed E-state index contributed by atoms with van der Waals surface area (Å²) < 4.78 is 30.4. The molecule has 4 heterocycles. The number of fused-ring (bicyclic) bond motifs is 5. The quantitative estimate of drug-likeness (QED) is 0.334. The average Bonchev–Trinajstić information content (AvgIpc) is 3.33. The third-order valence-electron chi connectivity index (χ3n) is 13.4. The fourth-order valence-electron chi connectivity index (χ4n) is 10.4. The van der Waals surface area contributed by atoms with Crippen LogP contribution in [0.5, 0.6) is 0 Å². The minimum absolute atomic E-state index is 0.0566. The number of aryl methyl sites for hydroxylation is 1. The van der Waals surface area contributed by atoms with Crippen LogP contribution in [0.25, 0.3) is 0 Å². The van der Waals surface area contributed by atoms with E-state index in [0.717, 1.165) is 38.0 Å². The maximum Gasteiger partial charge on any atom is 0.359 e. The lowest BCUT2D eigenvalue weighted by Gasteiger charge is -2.52. The Morgan fingerprint density at radius 2 is 1.76 bits per heavy atom. The second-order valence-electron chi connectivity index (χ2n) is 15.7. The number of hydrogen-bond donors (Lipinski definition) is 3. The molecular weight excluding hydrogens is 592 g/mol. The van der Waals surface area contributed by atoms with Crippen molar-refractivity contribution in [1.29, 1.82) is 0 Å². The zero-order chi connectivity index (χ0) is 32.4. The molecule has 10 nitrogen and oxygen atoms in total. The Hall–Kier alpha value is -2.21. The number of quaternary nitrogens is 1. The molecule has 2 aliphatic carbocycles. The monoisotopic (exact) mass is 645 g/mol. The van der Waals surface area contributed by atoms with Crippen LogP contribution in [0.4, 0.5) is 5.69 Å². The molecule has 45 heavy (non-hydrogen) atoms. The van der Waals surface area contributed by atoms with Gasteiger partial charge in [0.05, 0.1) is 36.9 Å². The number of hydrogen-bond acceptors (Lipinski definition) is 6. The van der Waals surface area contributed by atoms with Crippen molar-refractivity contribution >= 4 is 27.6 Å². The van der Waals surface area contributed by atoms with E-state index in [4.69, 9.17) is 0 Å². The highest BCUT2D eigenvalue weighted by Gasteiger charge is 2.73. The van der Waals surface area contributed by atoms with E-state index < -0.39 is 27.0 Å². The van der Waals surface area contributed by atoms with Gasteiger partial charge in [-0.3, -0.25) is 4.79 Å². The second-order valence-corrected chi connectivity index (χ2v) is 17.7. The average molecular weight is 646 g/mol. The van der Waals surface area contributed by atoms with Gasteiger partial charge in [-0.05, 0) is 55.1 Å². The standard InChI is InChI=1S/C34H52N4O6S/c1-24-7-5-6-8-29(24)36-13-15-37(16-14-36)45(43,44)23-33-12-9-27(32(33,3)4)19-34(33,42)25(2)20-35-31(41)28-21-38(22-30(39)40)17-10-26(28)11-18-38/h5-8,25-28,42H,9-23H2,1-4H3,(H-,35,39,40,41)/p+1. The molecule has 250 valence electrons. The van der Waals surface area contributed by atoms with E-state index in [1.807, 2.05) is 19.1 Å². The molecule has 0 radical (unpaired) electrons. The van der Waals surface area contributed by atoms with Gasteiger partial charge >= 0.3 is 5.97 Å². The van der Waals surface area contributed by atoms with Gasteiger partial charge in [-0.15, -0.1) is 0 Å². The van der Waals surface area contributed by atoms with E-state index in [-0.39, 0.29) is 53.8 Å². The number of nitrogens with zero attached hydrogens (tertiary/aromatic N) is 3. The van der Waals surface area contributed by atoms with Crippen molar-refractivity contribution in [3.63, 3.8) is 0 Å². The predicted octanol–water partition coefficient (Wildman–Crippen LogP) is 2.70. The van der Waals surface area contributed by atoms with Gasteiger partial charge < -0.3 is 24.9 Å². The minimum Gasteiger partial charge on any atom is -0.477 e. The van der Waals surface area contributed by atoms with Crippen LogP contribution in [0.15, 0.2) is 24.3 Å². The molecule has 0 aromatic heterocycles. The van der Waals surface area contributed by atoms with E-state index in [1.54, 1.807) is 4.31 Å². The first kappa shape index (κ1) is 32.7. The summed E-state index contributed by atoms with van der Waals surface area (Å²) in [5.74, 6) is -1.03. The van der Waals surface area contributed by atoms with Crippen LogP contribution in [0, 0.1) is 41.4 Å². The molecule has 7 rings (SSSR count). The Morgan fingerprint density at radius 3 is 2.38 bits per heavy atom. The van der Waals surface area contributed by atoms with Gasteiger partial charge in [0.2, 0.25) is 15.9 Å². The molecule has 4 aliphatic heterocycles. The summed E-state index contributed by atoms with van der Waals surface area (Å²) in [4.78, 5) is 27.4. The number of carbonyl (C=O) groups is 2. The summed E-state index contributed by atoms with van der Waals surface area (Å²) in [6.45, 7) is 12.9. The molecule has 6 aliphatic rings. The van der Waals surface area contributed by atoms with Gasteiger partial charge in [0.15, 0.2) is 6.54 Å². The number of sulfonamides is 1. The SMILES string of the molecule is Cc1ccccc1N1CCN(S(=O)(=O)CC23CCC(CC2(O)C(C)CNC(=O)C2C[N+]4(CC(=O)O)CCC2CC4)C3(C)C)CC1. The fourth-order valence-corrected chi connectivity index (χ4v) is 12.7. The lowest BCUT2D eigenvalue weighted by molar-refractivity contribution is -0.939. The zero-order valence-electron chi connectivity index (χ0n) is 27.5. The van der Waals surface area contributed by atoms with Crippen molar-refractivity contribution in [3.8, 4) is 0 Å². The van der Waals surface area contributed by atoms with Crippen molar-refractivity contribution in [1.82, 2.24) is 9.62 Å². The number of nitrogens with one attached hydrogen (secondary N) is 1. The Kier molecular flexibility index (Phi) is 8.35. The van der Waals surface area contributed by atoms with E-state index >= 15 is 0 Å². The summed E-state index contributed by atoms with van der Waals surface area (Å²) in [5, 5.41) is 25.2. The van der Waals surface area contributed by atoms with Crippen molar-refractivity contribution < 1.29 is 32.7 Å². The van der Waals surface area contributed by atoms with Crippen LogP contribution in [0.1, 0.15) is 58.4 Å². The van der Waals surface area contributed by atoms with Crippen LogP contribution in [-0.2, 0) is 19.6 Å². The number of carboxylic acids is 1. The molecule has 11 heteroatoms. The van der Waals surface area contributed by atoms with Gasteiger partial charge in [-0.1, -0.05) is 39.0 Å². The van der Waals surface area contributed by atoms with Crippen LogP contribution < -0.4 is 10.2 Å². The maximum absolute atomic E-state index is 14.2. The third-order valence-corrected chi connectivity index (χ3v) is 15.4. The Bertz CT molecular complexity index is 1420. The first-order valence-corrected chi connectivity index (χ1v) is 18.6. The first-order valence-electron chi connectivity index (χ1n) is 17.0. The van der Waals surface area contributed by atoms with Gasteiger partial charge in [0, 0.05) is 62.6 Å². The topological polar surface area (TPSA) is 127 Å². The molecule has 1 aromatic carbocycles. The number of piperazine rings is 1. The highest BCUT2D eigenvalue weighted by atomic mass is 32.2. The number of anilines is 1. The van der Waals surface area contributed by atoms with Crippen LogP contribution in [0.3, 0.4) is 0 Å². The van der Waals surface area contributed by atoms with E-state index in [9.17, 15) is 28.2 Å². The molecule has 6 fully saturated rings. The second kappa shape index (κ2) is 11.5. The summed E-state index contributed by atoms with van der Waals surface area (Å²) in [5.41, 5.74) is -0.0780. The molecular formula is C34H53N4O6S+. The summed E-state index contributed by atoms with van der Waals surface area (Å²) >= 11 is 0. The lowest BCUT2D eigenvalue weighted by Crippen LogP contribution is -2.65. The number of rotatable bonds is 10.